The summed E-state index contributed by atoms with van der Waals surface area (Å²) in [5.41, 5.74) is -0.546. The summed E-state index contributed by atoms with van der Waals surface area (Å²) in [7, 11) is 3.49. The first kappa shape index (κ1) is 21.4. The lowest BCUT2D eigenvalue weighted by atomic mass is 10.2. The first-order chi connectivity index (χ1) is 9.91. The molecule has 130 valence electrons. The molecule has 0 aromatic heterocycles. The number of ether oxygens (including phenoxy) is 1. The molecule has 0 spiro atoms. The zero-order valence-electron chi connectivity index (χ0n) is 14.5. The van der Waals surface area contributed by atoms with Gasteiger partial charge in [0.25, 0.3) is 0 Å². The van der Waals surface area contributed by atoms with Gasteiger partial charge in [-0.25, -0.2) is 4.79 Å². The highest BCUT2D eigenvalue weighted by Gasteiger charge is 2.22. The summed E-state index contributed by atoms with van der Waals surface area (Å²) in [4.78, 5) is 24.4. The van der Waals surface area contributed by atoms with Crippen LogP contribution in [0.4, 0.5) is 4.79 Å². The molecule has 0 aromatic carbocycles. The molecule has 0 radical (unpaired) electrons. The predicted molar refractivity (Wildman–Crippen MR) is 94.5 cm³/mol. The molecule has 7 heteroatoms. The van der Waals surface area contributed by atoms with Crippen molar-refractivity contribution in [2.75, 3.05) is 18.8 Å². The first-order valence-corrected chi connectivity index (χ1v) is 9.73. The Balaban J connectivity index is 4.38. The van der Waals surface area contributed by atoms with Crippen molar-refractivity contribution < 1.29 is 19.4 Å². The molecule has 0 aliphatic rings. The van der Waals surface area contributed by atoms with E-state index in [0.29, 0.717) is 19.5 Å². The molecule has 1 N–H and O–H groups in total. The molecule has 0 atom stereocenters. The number of carboxylic acids is 1. The van der Waals surface area contributed by atoms with Crippen LogP contribution in [0.1, 0.15) is 54.4 Å². The highest BCUT2D eigenvalue weighted by Crippen LogP contribution is 2.34. The van der Waals surface area contributed by atoms with Crippen LogP contribution in [0.15, 0.2) is 0 Å². The quantitative estimate of drug-likeness (QED) is 0.520. The second-order valence-corrected chi connectivity index (χ2v) is 10.2. The van der Waals surface area contributed by atoms with Crippen LogP contribution in [0.25, 0.3) is 0 Å². The molecule has 5 nitrogen and oxygen atoms in total. The molecule has 0 heterocycles. The molecule has 1 amide bonds. The maximum Gasteiger partial charge on any atom is 0.410 e. The van der Waals surface area contributed by atoms with Crippen LogP contribution in [0.3, 0.4) is 0 Å². The molecular formula is C15H29NO4S2. The Kier molecular flexibility index (Phi) is 9.31. The monoisotopic (exact) mass is 351 g/mol. The van der Waals surface area contributed by atoms with E-state index in [1.54, 1.807) is 26.5 Å². The van der Waals surface area contributed by atoms with E-state index >= 15 is 0 Å². The topological polar surface area (TPSA) is 66.8 Å². The second-order valence-electron chi connectivity index (χ2n) is 6.98. The number of hydrogen-bond donors (Lipinski definition) is 1. The normalized spacial score (nSPS) is 12.1. The minimum absolute atomic E-state index is 0.0587. The average molecular weight is 352 g/mol. The van der Waals surface area contributed by atoms with E-state index in [1.807, 2.05) is 20.8 Å². The van der Waals surface area contributed by atoms with E-state index in [2.05, 4.69) is 20.8 Å². The van der Waals surface area contributed by atoms with Crippen molar-refractivity contribution in [1.82, 2.24) is 4.90 Å². The summed E-state index contributed by atoms with van der Waals surface area (Å²) in [6.45, 7) is 12.9. The fraction of sp³-hybridized carbons (Fsp3) is 0.867. The molecule has 0 aliphatic heterocycles. The Labute approximate surface area is 141 Å². The molecule has 0 rings (SSSR count). The average Bonchev–Trinajstić information content (AvgIpc) is 2.28. The molecule has 0 saturated carbocycles. The molecule has 0 unspecified atom stereocenters. The van der Waals surface area contributed by atoms with Crippen molar-refractivity contribution in [2.45, 2.75) is 64.7 Å². The lowest BCUT2D eigenvalue weighted by Gasteiger charge is -2.27. The number of nitrogens with zero attached hydrogens (tertiary/aromatic N) is 1. The van der Waals surface area contributed by atoms with E-state index in [4.69, 9.17) is 9.84 Å². The minimum atomic E-state index is -0.846. The number of carbonyl (C=O) groups is 2. The fourth-order valence-electron chi connectivity index (χ4n) is 1.41. The van der Waals surface area contributed by atoms with E-state index in [9.17, 15) is 9.59 Å². The highest BCUT2D eigenvalue weighted by molar-refractivity contribution is 8.77. The van der Waals surface area contributed by atoms with Gasteiger partial charge in [-0.1, -0.05) is 42.4 Å². The summed E-state index contributed by atoms with van der Waals surface area (Å²) >= 11 is 0. The Hall–Kier alpha value is -0.560. The SMILES string of the molecule is CC(C)(C)OC(=O)N(CCCC(=O)O)CCSSC(C)(C)C. The number of carboxylic acid groups (broad SMARTS) is 1. The molecule has 0 aliphatic carbocycles. The number of aliphatic carboxylic acids is 1. The van der Waals surface area contributed by atoms with Gasteiger partial charge in [0.2, 0.25) is 0 Å². The minimum Gasteiger partial charge on any atom is -0.481 e. The van der Waals surface area contributed by atoms with Gasteiger partial charge >= 0.3 is 12.1 Å². The zero-order chi connectivity index (χ0) is 17.4. The Morgan fingerprint density at radius 2 is 1.68 bits per heavy atom. The maximum absolute atomic E-state index is 12.2. The largest absolute Gasteiger partial charge is 0.481 e. The smallest absolute Gasteiger partial charge is 0.410 e. The van der Waals surface area contributed by atoms with Crippen molar-refractivity contribution >= 4 is 33.7 Å². The maximum atomic E-state index is 12.2. The first-order valence-electron chi connectivity index (χ1n) is 7.41. The summed E-state index contributed by atoms with van der Waals surface area (Å²) in [5.74, 6) is -0.0596. The van der Waals surface area contributed by atoms with Crippen LogP contribution >= 0.6 is 21.6 Å². The van der Waals surface area contributed by atoms with Gasteiger partial charge in [0, 0.05) is 30.0 Å². The van der Waals surface area contributed by atoms with E-state index in [-0.39, 0.29) is 17.3 Å². The van der Waals surface area contributed by atoms with Crippen LogP contribution in [0.5, 0.6) is 0 Å². The third-order valence-electron chi connectivity index (χ3n) is 2.22. The summed E-state index contributed by atoms with van der Waals surface area (Å²) in [6.07, 6.45) is 0.119. The van der Waals surface area contributed by atoms with Gasteiger partial charge in [0.05, 0.1) is 0 Å². The van der Waals surface area contributed by atoms with Crippen molar-refractivity contribution in [3.05, 3.63) is 0 Å². The number of rotatable bonds is 8. The van der Waals surface area contributed by atoms with Crippen LogP contribution < -0.4 is 0 Å². The van der Waals surface area contributed by atoms with Crippen molar-refractivity contribution in [3.63, 3.8) is 0 Å². The van der Waals surface area contributed by atoms with Gasteiger partial charge in [0.1, 0.15) is 5.60 Å². The third kappa shape index (κ3) is 13.1. The van der Waals surface area contributed by atoms with Crippen LogP contribution in [-0.2, 0) is 9.53 Å². The van der Waals surface area contributed by atoms with Gasteiger partial charge < -0.3 is 14.7 Å². The van der Waals surface area contributed by atoms with Gasteiger partial charge in [0.15, 0.2) is 0 Å². The number of carbonyl (C=O) groups excluding carboxylic acids is 1. The molecule has 0 bridgehead atoms. The molecule has 22 heavy (non-hydrogen) atoms. The van der Waals surface area contributed by atoms with E-state index in [1.165, 1.54) is 0 Å². The van der Waals surface area contributed by atoms with Crippen LogP contribution in [0, 0.1) is 0 Å². The van der Waals surface area contributed by atoms with Crippen molar-refractivity contribution in [2.24, 2.45) is 0 Å². The summed E-state index contributed by atoms with van der Waals surface area (Å²) < 4.78 is 5.55. The third-order valence-corrected chi connectivity index (χ3v) is 5.54. The predicted octanol–water partition coefficient (Wildman–Crippen LogP) is 4.27. The number of hydrogen-bond acceptors (Lipinski definition) is 5. The van der Waals surface area contributed by atoms with Gasteiger partial charge in [-0.05, 0) is 27.2 Å². The van der Waals surface area contributed by atoms with Crippen molar-refractivity contribution in [1.29, 1.82) is 0 Å². The second kappa shape index (κ2) is 9.55. The lowest BCUT2D eigenvalue weighted by Crippen LogP contribution is -2.38. The molecule has 0 saturated heterocycles. The van der Waals surface area contributed by atoms with Crippen LogP contribution in [-0.4, -0.2) is 51.3 Å². The van der Waals surface area contributed by atoms with E-state index < -0.39 is 11.6 Å². The van der Waals surface area contributed by atoms with Gasteiger partial charge in [-0.15, -0.1) is 0 Å². The molecular weight excluding hydrogens is 322 g/mol. The fourth-order valence-corrected chi connectivity index (χ4v) is 3.67. The molecule has 0 fully saturated rings. The Morgan fingerprint density at radius 1 is 1.09 bits per heavy atom. The summed E-state index contributed by atoms with van der Waals surface area (Å²) in [6, 6.07) is 0. The Bertz CT molecular complexity index is 362. The highest BCUT2D eigenvalue weighted by atomic mass is 33.1. The van der Waals surface area contributed by atoms with Gasteiger partial charge in [-0.2, -0.15) is 0 Å². The standard InChI is InChI=1S/C15H29NO4S2/c1-14(2,3)20-13(19)16(9-7-8-12(17)18)10-11-21-22-15(4,5)6/h7-11H2,1-6H3,(H,17,18). The number of amides is 1. The zero-order valence-corrected chi connectivity index (χ0v) is 16.1. The summed E-state index contributed by atoms with van der Waals surface area (Å²) in [5, 5.41) is 8.71. The lowest BCUT2D eigenvalue weighted by molar-refractivity contribution is -0.137. The van der Waals surface area contributed by atoms with E-state index in [0.717, 1.165) is 5.75 Å². The Morgan fingerprint density at radius 3 is 2.14 bits per heavy atom. The van der Waals surface area contributed by atoms with Crippen molar-refractivity contribution in [3.8, 4) is 0 Å². The van der Waals surface area contributed by atoms with Gasteiger partial charge in [-0.3, -0.25) is 4.79 Å². The van der Waals surface area contributed by atoms with Crippen LogP contribution in [0.2, 0.25) is 0 Å². The molecule has 0 aromatic rings.